The summed E-state index contributed by atoms with van der Waals surface area (Å²) >= 11 is 0. The van der Waals surface area contributed by atoms with Gasteiger partial charge in [0.15, 0.2) is 0 Å². The minimum atomic E-state index is -0.843. The summed E-state index contributed by atoms with van der Waals surface area (Å²) in [5.74, 6) is -0.843. The van der Waals surface area contributed by atoms with Crippen molar-refractivity contribution in [2.45, 2.75) is 31.8 Å². The fourth-order valence-electron chi connectivity index (χ4n) is 1.73. The van der Waals surface area contributed by atoms with E-state index in [1.165, 1.54) is 0 Å². The normalized spacial score (nSPS) is 24.4. The highest BCUT2D eigenvalue weighted by Gasteiger charge is 2.25. The van der Waals surface area contributed by atoms with Gasteiger partial charge in [-0.15, -0.1) is 0 Å². The van der Waals surface area contributed by atoms with E-state index >= 15 is 0 Å². The van der Waals surface area contributed by atoms with E-state index in [1.807, 2.05) is 6.08 Å². The second-order valence-electron chi connectivity index (χ2n) is 3.71. The van der Waals surface area contributed by atoms with E-state index in [0.717, 1.165) is 24.1 Å². The standard InChI is InChI=1S/C11H13NO3/c13-11(14)7-9-6-10(12-15-9)8-4-2-1-3-5-8/h2,4-5,9H,1,3,6-7H2,(H,13,14). The molecule has 0 radical (unpaired) electrons. The molecule has 0 fully saturated rings. The van der Waals surface area contributed by atoms with Gasteiger partial charge in [0.05, 0.1) is 12.1 Å². The molecule has 0 aromatic heterocycles. The Labute approximate surface area is 87.9 Å². The van der Waals surface area contributed by atoms with E-state index in [-0.39, 0.29) is 12.5 Å². The third kappa shape index (κ3) is 2.46. The van der Waals surface area contributed by atoms with E-state index in [0.29, 0.717) is 6.42 Å². The van der Waals surface area contributed by atoms with Crippen LogP contribution >= 0.6 is 0 Å². The molecule has 0 spiro atoms. The predicted molar refractivity (Wildman–Crippen MR) is 55.6 cm³/mol. The lowest BCUT2D eigenvalue weighted by molar-refractivity contribution is -0.139. The van der Waals surface area contributed by atoms with Gasteiger partial charge in [0.1, 0.15) is 6.10 Å². The van der Waals surface area contributed by atoms with Crippen molar-refractivity contribution in [3.63, 3.8) is 0 Å². The van der Waals surface area contributed by atoms with Gasteiger partial charge in [-0.3, -0.25) is 4.79 Å². The molecule has 0 aromatic rings. The molecule has 1 atom stereocenters. The first-order valence-electron chi connectivity index (χ1n) is 5.07. The maximum atomic E-state index is 10.5. The second-order valence-corrected chi connectivity index (χ2v) is 3.71. The zero-order chi connectivity index (χ0) is 10.7. The first-order chi connectivity index (χ1) is 7.25. The topological polar surface area (TPSA) is 58.9 Å². The van der Waals surface area contributed by atoms with E-state index in [2.05, 4.69) is 17.3 Å². The summed E-state index contributed by atoms with van der Waals surface area (Å²) in [7, 11) is 0. The molecule has 4 nitrogen and oxygen atoms in total. The Balaban J connectivity index is 1.94. The highest BCUT2D eigenvalue weighted by atomic mass is 16.6. The smallest absolute Gasteiger partial charge is 0.307 e. The minimum absolute atomic E-state index is 0.0179. The van der Waals surface area contributed by atoms with Crippen LogP contribution in [0.1, 0.15) is 25.7 Å². The average Bonchev–Trinajstić information content (AvgIpc) is 2.67. The number of nitrogens with zero attached hydrogens (tertiary/aromatic N) is 1. The number of rotatable bonds is 3. The maximum absolute atomic E-state index is 10.5. The predicted octanol–water partition coefficient (Wildman–Crippen LogP) is 1.88. The fraction of sp³-hybridized carbons (Fsp3) is 0.455. The monoisotopic (exact) mass is 207 g/mol. The van der Waals surface area contributed by atoms with Gasteiger partial charge in [-0.1, -0.05) is 23.4 Å². The first-order valence-corrected chi connectivity index (χ1v) is 5.07. The molecule has 1 N–H and O–H groups in total. The van der Waals surface area contributed by atoms with Crippen LogP contribution in [0.4, 0.5) is 0 Å². The number of carbonyl (C=O) groups is 1. The molecule has 1 heterocycles. The Kier molecular flexibility index (Phi) is 2.85. The number of hydrogen-bond donors (Lipinski definition) is 1. The molecule has 80 valence electrons. The van der Waals surface area contributed by atoms with Crippen LogP contribution in [0.2, 0.25) is 0 Å². The lowest BCUT2D eigenvalue weighted by atomic mass is 9.99. The van der Waals surface area contributed by atoms with E-state index in [1.54, 1.807) is 0 Å². The SMILES string of the molecule is O=C(O)CC1CC(C2=CCCC=C2)=NO1. The van der Waals surface area contributed by atoms with Crippen LogP contribution in [0.5, 0.6) is 0 Å². The summed E-state index contributed by atoms with van der Waals surface area (Å²) in [6.45, 7) is 0. The van der Waals surface area contributed by atoms with Crippen molar-refractivity contribution in [2.75, 3.05) is 0 Å². The number of oxime groups is 1. The van der Waals surface area contributed by atoms with Crippen molar-refractivity contribution in [3.05, 3.63) is 23.8 Å². The summed E-state index contributed by atoms with van der Waals surface area (Å²) in [5.41, 5.74) is 1.95. The van der Waals surface area contributed by atoms with Crippen LogP contribution in [-0.4, -0.2) is 22.9 Å². The van der Waals surface area contributed by atoms with Crippen LogP contribution in [0.15, 0.2) is 29.0 Å². The van der Waals surface area contributed by atoms with Crippen molar-refractivity contribution in [1.29, 1.82) is 0 Å². The van der Waals surface area contributed by atoms with Gasteiger partial charge in [-0.25, -0.2) is 0 Å². The molecule has 1 unspecified atom stereocenters. The van der Waals surface area contributed by atoms with Crippen molar-refractivity contribution in [3.8, 4) is 0 Å². The Morgan fingerprint density at radius 2 is 2.47 bits per heavy atom. The zero-order valence-corrected chi connectivity index (χ0v) is 8.35. The van der Waals surface area contributed by atoms with Gasteiger partial charge in [0.25, 0.3) is 0 Å². The molecule has 2 rings (SSSR count). The Hall–Kier alpha value is -1.58. The van der Waals surface area contributed by atoms with Crippen LogP contribution in [0.25, 0.3) is 0 Å². The third-order valence-corrected chi connectivity index (χ3v) is 2.46. The lowest BCUT2D eigenvalue weighted by Gasteiger charge is -2.05. The molecule has 0 amide bonds. The molecule has 0 saturated heterocycles. The van der Waals surface area contributed by atoms with Crippen LogP contribution in [0.3, 0.4) is 0 Å². The Bertz CT molecular complexity index is 355. The largest absolute Gasteiger partial charge is 0.481 e. The first kappa shape index (κ1) is 9.96. The summed E-state index contributed by atoms with van der Waals surface area (Å²) in [6, 6.07) is 0. The number of hydrogen-bond acceptors (Lipinski definition) is 3. The van der Waals surface area contributed by atoms with E-state index in [9.17, 15) is 4.79 Å². The van der Waals surface area contributed by atoms with Crippen molar-refractivity contribution in [2.24, 2.45) is 5.16 Å². The number of carboxylic acid groups (broad SMARTS) is 1. The molecule has 15 heavy (non-hydrogen) atoms. The van der Waals surface area contributed by atoms with Gasteiger partial charge < -0.3 is 9.94 Å². The molecule has 1 aliphatic carbocycles. The van der Waals surface area contributed by atoms with Gasteiger partial charge in [0, 0.05) is 6.42 Å². The van der Waals surface area contributed by atoms with Crippen molar-refractivity contribution < 1.29 is 14.7 Å². The van der Waals surface area contributed by atoms with Gasteiger partial charge >= 0.3 is 5.97 Å². The molecule has 0 aromatic carbocycles. The molecule has 4 heteroatoms. The second kappa shape index (κ2) is 4.29. The lowest BCUT2D eigenvalue weighted by Crippen LogP contribution is -2.14. The number of allylic oxidation sites excluding steroid dienone is 4. The Morgan fingerprint density at radius 1 is 1.60 bits per heavy atom. The highest BCUT2D eigenvalue weighted by Crippen LogP contribution is 2.21. The van der Waals surface area contributed by atoms with Crippen LogP contribution in [-0.2, 0) is 9.63 Å². The van der Waals surface area contributed by atoms with Crippen LogP contribution in [0, 0.1) is 0 Å². The molecule has 0 saturated carbocycles. The molecular weight excluding hydrogens is 194 g/mol. The van der Waals surface area contributed by atoms with Crippen molar-refractivity contribution >= 4 is 11.7 Å². The summed E-state index contributed by atoms with van der Waals surface area (Å²) in [5, 5.41) is 12.5. The summed E-state index contributed by atoms with van der Waals surface area (Å²) in [6.07, 6.45) is 8.65. The quantitative estimate of drug-likeness (QED) is 0.768. The van der Waals surface area contributed by atoms with E-state index < -0.39 is 5.97 Å². The average molecular weight is 207 g/mol. The summed E-state index contributed by atoms with van der Waals surface area (Å²) < 4.78 is 0. The highest BCUT2D eigenvalue weighted by molar-refractivity contribution is 6.03. The number of aliphatic carboxylic acids is 1. The van der Waals surface area contributed by atoms with Gasteiger partial charge in [-0.05, 0) is 18.4 Å². The number of carboxylic acids is 1. The maximum Gasteiger partial charge on any atom is 0.307 e. The third-order valence-electron chi connectivity index (χ3n) is 2.46. The Morgan fingerprint density at radius 3 is 3.13 bits per heavy atom. The van der Waals surface area contributed by atoms with Gasteiger partial charge in [-0.2, -0.15) is 0 Å². The van der Waals surface area contributed by atoms with Crippen LogP contribution < -0.4 is 0 Å². The summed E-state index contributed by atoms with van der Waals surface area (Å²) in [4.78, 5) is 15.5. The van der Waals surface area contributed by atoms with Gasteiger partial charge in [0.2, 0.25) is 0 Å². The van der Waals surface area contributed by atoms with E-state index in [4.69, 9.17) is 9.94 Å². The minimum Gasteiger partial charge on any atom is -0.481 e. The molecule has 1 aliphatic heterocycles. The zero-order valence-electron chi connectivity index (χ0n) is 8.35. The molecular formula is C11H13NO3. The molecule has 0 bridgehead atoms. The molecule has 2 aliphatic rings. The van der Waals surface area contributed by atoms with Crippen molar-refractivity contribution in [1.82, 2.24) is 0 Å². The fourth-order valence-corrected chi connectivity index (χ4v) is 1.73.